The highest BCUT2D eigenvalue weighted by atomic mass is 32.1. The van der Waals surface area contributed by atoms with Gasteiger partial charge >= 0.3 is 0 Å². The van der Waals surface area contributed by atoms with Crippen molar-refractivity contribution in [3.63, 3.8) is 0 Å². The number of carbonyl (C=O) groups excluding carboxylic acids is 1. The first-order valence-electron chi connectivity index (χ1n) is 7.52. The van der Waals surface area contributed by atoms with Gasteiger partial charge in [-0.2, -0.15) is 0 Å². The van der Waals surface area contributed by atoms with Crippen LogP contribution >= 0.6 is 11.3 Å². The summed E-state index contributed by atoms with van der Waals surface area (Å²) >= 11 is 1.29. The third-order valence-electron chi connectivity index (χ3n) is 3.71. The van der Waals surface area contributed by atoms with Crippen LogP contribution in [0.15, 0.2) is 23.6 Å². The largest absolute Gasteiger partial charge is 0.363 e. The Labute approximate surface area is 142 Å². The van der Waals surface area contributed by atoms with E-state index in [2.05, 4.69) is 15.6 Å². The molecular formula is C15H17N5O3S. The second-order valence-corrected chi connectivity index (χ2v) is 6.27. The highest BCUT2D eigenvalue weighted by Crippen LogP contribution is 2.34. The Hall–Kier alpha value is -2.52. The molecule has 0 spiro atoms. The van der Waals surface area contributed by atoms with E-state index in [0.717, 1.165) is 26.2 Å². The topological polar surface area (TPSA) is 100 Å². The number of benzene rings is 1. The Balaban J connectivity index is 1.92. The van der Waals surface area contributed by atoms with Crippen molar-refractivity contribution in [1.29, 1.82) is 0 Å². The summed E-state index contributed by atoms with van der Waals surface area (Å²) in [5.41, 5.74) is 1.97. The lowest BCUT2D eigenvalue weighted by Gasteiger charge is -2.29. The molecule has 2 aromatic rings. The lowest BCUT2D eigenvalue weighted by atomic mass is 10.1. The summed E-state index contributed by atoms with van der Waals surface area (Å²) in [6.45, 7) is 4.51. The van der Waals surface area contributed by atoms with Crippen molar-refractivity contribution < 1.29 is 9.72 Å². The fourth-order valence-electron chi connectivity index (χ4n) is 2.62. The van der Waals surface area contributed by atoms with Crippen LogP contribution in [0.5, 0.6) is 0 Å². The quantitative estimate of drug-likeness (QED) is 0.649. The van der Waals surface area contributed by atoms with Gasteiger partial charge < -0.3 is 15.5 Å². The van der Waals surface area contributed by atoms with Gasteiger partial charge in [0.1, 0.15) is 5.69 Å². The maximum atomic E-state index is 11.5. The number of carbonyl (C=O) groups is 1. The van der Waals surface area contributed by atoms with Crippen LogP contribution in [-0.2, 0) is 4.79 Å². The van der Waals surface area contributed by atoms with Gasteiger partial charge in [0, 0.05) is 50.1 Å². The summed E-state index contributed by atoms with van der Waals surface area (Å²) in [6, 6.07) is 5.15. The molecule has 1 saturated heterocycles. The van der Waals surface area contributed by atoms with Crippen molar-refractivity contribution in [1.82, 2.24) is 10.3 Å². The van der Waals surface area contributed by atoms with Gasteiger partial charge in [-0.05, 0) is 6.07 Å². The van der Waals surface area contributed by atoms with E-state index in [9.17, 15) is 14.9 Å². The van der Waals surface area contributed by atoms with E-state index in [1.165, 1.54) is 18.3 Å². The molecule has 0 radical (unpaired) electrons. The number of nitrogens with one attached hydrogen (secondary N) is 2. The van der Waals surface area contributed by atoms with Crippen LogP contribution in [0, 0.1) is 10.1 Å². The molecule has 0 atom stereocenters. The third-order valence-corrected chi connectivity index (χ3v) is 4.47. The number of thiazole rings is 1. The van der Waals surface area contributed by atoms with Crippen molar-refractivity contribution in [2.24, 2.45) is 0 Å². The van der Waals surface area contributed by atoms with Crippen molar-refractivity contribution >= 4 is 33.8 Å². The lowest BCUT2D eigenvalue weighted by Crippen LogP contribution is -2.43. The van der Waals surface area contributed by atoms with Gasteiger partial charge in [-0.1, -0.05) is 6.07 Å². The van der Waals surface area contributed by atoms with Crippen molar-refractivity contribution in [2.75, 3.05) is 36.4 Å². The van der Waals surface area contributed by atoms with Crippen LogP contribution in [-0.4, -0.2) is 42.0 Å². The Morgan fingerprint density at radius 1 is 1.42 bits per heavy atom. The zero-order valence-electron chi connectivity index (χ0n) is 13.1. The average molecular weight is 347 g/mol. The molecule has 8 nitrogen and oxygen atoms in total. The van der Waals surface area contributed by atoms with Gasteiger partial charge in [0.2, 0.25) is 5.91 Å². The van der Waals surface area contributed by atoms with Gasteiger partial charge in [-0.15, -0.1) is 11.3 Å². The fraction of sp³-hybridized carbons (Fsp3) is 0.333. The number of nitro groups is 1. The van der Waals surface area contributed by atoms with Crippen molar-refractivity contribution in [3.05, 3.63) is 33.7 Å². The molecule has 1 aromatic carbocycles. The van der Waals surface area contributed by atoms with Gasteiger partial charge in [-0.25, -0.2) is 4.98 Å². The molecule has 2 N–H and O–H groups in total. The molecule has 1 aliphatic heterocycles. The molecule has 126 valence electrons. The molecule has 1 aromatic heterocycles. The van der Waals surface area contributed by atoms with Crippen molar-refractivity contribution in [3.8, 4) is 11.3 Å². The molecule has 0 unspecified atom stereocenters. The first kappa shape index (κ1) is 16.3. The van der Waals surface area contributed by atoms with Crippen LogP contribution in [0.2, 0.25) is 0 Å². The number of aromatic nitrogens is 1. The van der Waals surface area contributed by atoms with E-state index >= 15 is 0 Å². The third kappa shape index (κ3) is 3.52. The maximum absolute atomic E-state index is 11.5. The smallest absolute Gasteiger partial charge is 0.293 e. The van der Waals surface area contributed by atoms with E-state index in [0.29, 0.717) is 22.1 Å². The maximum Gasteiger partial charge on any atom is 0.293 e. The van der Waals surface area contributed by atoms with E-state index in [1.54, 1.807) is 17.5 Å². The Kier molecular flexibility index (Phi) is 4.72. The molecule has 1 amide bonds. The summed E-state index contributed by atoms with van der Waals surface area (Å²) in [7, 11) is 0. The highest BCUT2D eigenvalue weighted by molar-refractivity contribution is 7.14. The number of nitro benzene ring substituents is 1. The Morgan fingerprint density at radius 3 is 2.83 bits per heavy atom. The summed E-state index contributed by atoms with van der Waals surface area (Å²) in [4.78, 5) is 28.5. The summed E-state index contributed by atoms with van der Waals surface area (Å²) in [6.07, 6.45) is 0. The number of anilines is 2. The van der Waals surface area contributed by atoms with E-state index < -0.39 is 0 Å². The molecule has 3 rings (SSSR count). The predicted molar refractivity (Wildman–Crippen MR) is 93.6 cm³/mol. The number of hydrogen-bond acceptors (Lipinski definition) is 7. The van der Waals surface area contributed by atoms with Crippen LogP contribution in [0.3, 0.4) is 0 Å². The summed E-state index contributed by atoms with van der Waals surface area (Å²) < 4.78 is 0. The zero-order chi connectivity index (χ0) is 17.1. The minimum atomic E-state index is -0.359. The molecule has 1 aliphatic rings. The molecule has 0 aliphatic carbocycles. The monoisotopic (exact) mass is 347 g/mol. The van der Waals surface area contributed by atoms with Crippen LogP contribution < -0.4 is 15.5 Å². The second kappa shape index (κ2) is 6.93. The minimum absolute atomic E-state index is 0.0727. The van der Waals surface area contributed by atoms with Gasteiger partial charge in [0.25, 0.3) is 5.69 Å². The lowest BCUT2D eigenvalue weighted by molar-refractivity contribution is -0.384. The molecular weight excluding hydrogens is 330 g/mol. The van der Waals surface area contributed by atoms with Gasteiger partial charge in [0.15, 0.2) is 5.13 Å². The van der Waals surface area contributed by atoms with E-state index in [-0.39, 0.29) is 16.5 Å². The highest BCUT2D eigenvalue weighted by Gasteiger charge is 2.22. The summed E-state index contributed by atoms with van der Waals surface area (Å²) in [5.74, 6) is -0.198. The standard InChI is InChI=1S/C15H17N5O3S/c1-10(21)17-15-18-12(9-24-15)11-2-3-13(14(8-11)20(22)23)19-6-4-16-5-7-19/h2-3,8-9,16H,4-7H2,1H3,(H,17,18,21). The number of nitrogens with zero attached hydrogens (tertiary/aromatic N) is 3. The van der Waals surface area contributed by atoms with E-state index in [4.69, 9.17) is 0 Å². The van der Waals surface area contributed by atoms with Crippen LogP contribution in [0.25, 0.3) is 11.3 Å². The predicted octanol–water partition coefficient (Wildman–Crippen LogP) is 2.09. The zero-order valence-corrected chi connectivity index (χ0v) is 13.9. The molecule has 0 bridgehead atoms. The van der Waals surface area contributed by atoms with Crippen molar-refractivity contribution in [2.45, 2.75) is 6.92 Å². The average Bonchev–Trinajstić information content (AvgIpc) is 3.03. The first-order valence-corrected chi connectivity index (χ1v) is 8.40. The summed E-state index contributed by atoms with van der Waals surface area (Å²) in [5, 5.41) is 19.6. The number of rotatable bonds is 4. The molecule has 2 heterocycles. The normalized spacial score (nSPS) is 14.5. The molecule has 1 fully saturated rings. The number of hydrogen-bond donors (Lipinski definition) is 2. The fourth-order valence-corrected chi connectivity index (χ4v) is 3.38. The molecule has 9 heteroatoms. The Morgan fingerprint density at radius 2 is 2.17 bits per heavy atom. The second-order valence-electron chi connectivity index (χ2n) is 5.42. The van der Waals surface area contributed by atoms with Crippen LogP contribution in [0.4, 0.5) is 16.5 Å². The van der Waals surface area contributed by atoms with E-state index in [1.807, 2.05) is 11.0 Å². The number of amides is 1. The van der Waals surface area contributed by atoms with Gasteiger partial charge in [-0.3, -0.25) is 14.9 Å². The minimum Gasteiger partial charge on any atom is -0.363 e. The van der Waals surface area contributed by atoms with Crippen LogP contribution in [0.1, 0.15) is 6.92 Å². The SMILES string of the molecule is CC(=O)Nc1nc(-c2ccc(N3CCNCC3)c([N+](=O)[O-])c2)cs1. The molecule has 0 saturated carbocycles. The Bertz CT molecular complexity index is 770. The number of piperazine rings is 1. The molecule has 24 heavy (non-hydrogen) atoms. The first-order chi connectivity index (χ1) is 11.5. The van der Waals surface area contributed by atoms with Gasteiger partial charge in [0.05, 0.1) is 10.6 Å².